The summed E-state index contributed by atoms with van der Waals surface area (Å²) < 4.78 is 0. The van der Waals surface area contributed by atoms with E-state index in [9.17, 15) is 9.59 Å². The standard InChI is InChI=1S/C15H23N3O2S/c1-10-5-2-3-6-11(10)17-14(19)9-12(18-15(16)20)13-7-4-8-21-13/h4,7-8,10-12H,2-3,5-6,9H2,1H3,(H,17,19)(H3,16,18,20). The van der Waals surface area contributed by atoms with E-state index in [1.165, 1.54) is 30.6 Å². The highest BCUT2D eigenvalue weighted by molar-refractivity contribution is 7.10. The van der Waals surface area contributed by atoms with Gasteiger partial charge in [-0.3, -0.25) is 4.79 Å². The minimum atomic E-state index is -0.604. The van der Waals surface area contributed by atoms with Crippen LogP contribution in [0.1, 0.15) is 49.9 Å². The van der Waals surface area contributed by atoms with Gasteiger partial charge in [0.2, 0.25) is 5.91 Å². The van der Waals surface area contributed by atoms with Crippen molar-refractivity contribution in [2.75, 3.05) is 0 Å². The van der Waals surface area contributed by atoms with Gasteiger partial charge in [-0.2, -0.15) is 0 Å². The quantitative estimate of drug-likeness (QED) is 0.781. The first-order valence-electron chi connectivity index (χ1n) is 7.45. The highest BCUT2D eigenvalue weighted by atomic mass is 32.1. The van der Waals surface area contributed by atoms with Crippen molar-refractivity contribution in [3.05, 3.63) is 22.4 Å². The number of thiophene rings is 1. The van der Waals surface area contributed by atoms with E-state index in [0.29, 0.717) is 5.92 Å². The van der Waals surface area contributed by atoms with Crippen LogP contribution >= 0.6 is 11.3 Å². The van der Waals surface area contributed by atoms with E-state index >= 15 is 0 Å². The van der Waals surface area contributed by atoms with Gasteiger partial charge in [-0.1, -0.05) is 25.8 Å². The second-order valence-electron chi connectivity index (χ2n) is 5.72. The molecule has 1 aliphatic carbocycles. The van der Waals surface area contributed by atoms with Crippen LogP contribution in [-0.2, 0) is 4.79 Å². The Bertz CT molecular complexity index is 475. The molecule has 21 heavy (non-hydrogen) atoms. The van der Waals surface area contributed by atoms with Crippen molar-refractivity contribution in [1.29, 1.82) is 0 Å². The molecule has 0 radical (unpaired) electrons. The number of nitrogens with two attached hydrogens (primary N) is 1. The predicted molar refractivity (Wildman–Crippen MR) is 84.0 cm³/mol. The number of urea groups is 1. The number of carbonyl (C=O) groups is 2. The largest absolute Gasteiger partial charge is 0.353 e. The zero-order valence-electron chi connectivity index (χ0n) is 12.3. The van der Waals surface area contributed by atoms with E-state index in [1.54, 1.807) is 0 Å². The maximum atomic E-state index is 12.2. The van der Waals surface area contributed by atoms with Gasteiger partial charge in [0.25, 0.3) is 0 Å². The highest BCUT2D eigenvalue weighted by Gasteiger charge is 2.25. The molecule has 3 amide bonds. The van der Waals surface area contributed by atoms with Crippen molar-refractivity contribution in [2.45, 2.75) is 51.1 Å². The lowest BCUT2D eigenvalue weighted by atomic mass is 9.86. The molecule has 1 fully saturated rings. The molecule has 116 valence electrons. The smallest absolute Gasteiger partial charge is 0.312 e. The third-order valence-electron chi connectivity index (χ3n) is 4.05. The van der Waals surface area contributed by atoms with E-state index in [0.717, 1.165) is 11.3 Å². The molecule has 2 rings (SSSR count). The summed E-state index contributed by atoms with van der Waals surface area (Å²) in [4.78, 5) is 24.3. The number of primary amides is 1. The molecule has 6 heteroatoms. The van der Waals surface area contributed by atoms with Crippen LogP contribution in [0.25, 0.3) is 0 Å². The van der Waals surface area contributed by atoms with Crippen molar-refractivity contribution in [1.82, 2.24) is 10.6 Å². The molecule has 0 spiro atoms. The van der Waals surface area contributed by atoms with Crippen LogP contribution in [0.15, 0.2) is 17.5 Å². The lowest BCUT2D eigenvalue weighted by molar-refractivity contribution is -0.122. The molecule has 0 bridgehead atoms. The van der Waals surface area contributed by atoms with E-state index < -0.39 is 6.03 Å². The molecule has 0 aromatic carbocycles. The Balaban J connectivity index is 1.93. The van der Waals surface area contributed by atoms with Gasteiger partial charge in [0.05, 0.1) is 12.5 Å². The maximum absolute atomic E-state index is 12.2. The molecule has 3 unspecified atom stereocenters. The van der Waals surface area contributed by atoms with Crippen molar-refractivity contribution >= 4 is 23.3 Å². The third kappa shape index (κ3) is 4.74. The Morgan fingerprint density at radius 3 is 2.81 bits per heavy atom. The van der Waals surface area contributed by atoms with Crippen LogP contribution in [0.5, 0.6) is 0 Å². The van der Waals surface area contributed by atoms with Gasteiger partial charge in [-0.25, -0.2) is 4.79 Å². The fourth-order valence-corrected chi connectivity index (χ4v) is 3.64. The predicted octanol–water partition coefficient (Wildman–Crippen LogP) is 2.54. The van der Waals surface area contributed by atoms with Gasteiger partial charge in [0.1, 0.15) is 0 Å². The maximum Gasteiger partial charge on any atom is 0.312 e. The molecular formula is C15H23N3O2S. The molecule has 1 aromatic rings. The molecule has 1 heterocycles. The molecule has 1 aliphatic rings. The molecule has 1 saturated carbocycles. The Hall–Kier alpha value is -1.56. The number of hydrogen-bond donors (Lipinski definition) is 3. The lowest BCUT2D eigenvalue weighted by Crippen LogP contribution is -2.43. The summed E-state index contributed by atoms with van der Waals surface area (Å²) in [5, 5.41) is 7.68. The molecule has 3 atom stereocenters. The monoisotopic (exact) mass is 309 g/mol. The summed E-state index contributed by atoms with van der Waals surface area (Å²) in [6.45, 7) is 2.18. The number of carbonyl (C=O) groups excluding carboxylic acids is 2. The van der Waals surface area contributed by atoms with E-state index in [1.807, 2.05) is 17.5 Å². The van der Waals surface area contributed by atoms with Crippen LogP contribution in [0, 0.1) is 5.92 Å². The molecule has 0 aliphatic heterocycles. The molecule has 1 aromatic heterocycles. The second kappa shape index (κ2) is 7.45. The van der Waals surface area contributed by atoms with Gasteiger partial charge in [-0.05, 0) is 30.2 Å². The Labute approximate surface area is 129 Å². The average Bonchev–Trinajstić information content (AvgIpc) is 2.94. The first-order valence-corrected chi connectivity index (χ1v) is 8.33. The van der Waals surface area contributed by atoms with Crippen LogP contribution in [0.2, 0.25) is 0 Å². The van der Waals surface area contributed by atoms with Gasteiger partial charge < -0.3 is 16.4 Å². The van der Waals surface area contributed by atoms with E-state index in [4.69, 9.17) is 5.73 Å². The fourth-order valence-electron chi connectivity index (χ4n) is 2.87. The van der Waals surface area contributed by atoms with Crippen LogP contribution in [0.3, 0.4) is 0 Å². The van der Waals surface area contributed by atoms with Gasteiger partial charge in [-0.15, -0.1) is 11.3 Å². The van der Waals surface area contributed by atoms with Gasteiger partial charge in [0.15, 0.2) is 0 Å². The minimum Gasteiger partial charge on any atom is -0.353 e. The lowest BCUT2D eigenvalue weighted by Gasteiger charge is -2.30. The zero-order chi connectivity index (χ0) is 15.2. The minimum absolute atomic E-state index is 0.0269. The van der Waals surface area contributed by atoms with Crippen molar-refractivity contribution in [3.8, 4) is 0 Å². The molecular weight excluding hydrogens is 286 g/mol. The number of rotatable bonds is 5. The summed E-state index contributed by atoms with van der Waals surface area (Å²) in [6, 6.07) is 3.11. The molecule has 5 nitrogen and oxygen atoms in total. The van der Waals surface area contributed by atoms with Crippen molar-refractivity contribution in [3.63, 3.8) is 0 Å². The fraction of sp³-hybridized carbons (Fsp3) is 0.600. The Kier molecular flexibility index (Phi) is 5.61. The van der Waals surface area contributed by atoms with E-state index in [-0.39, 0.29) is 24.4 Å². The average molecular weight is 309 g/mol. The summed E-state index contributed by atoms with van der Waals surface area (Å²) >= 11 is 1.51. The summed E-state index contributed by atoms with van der Waals surface area (Å²) in [5.74, 6) is 0.493. The topological polar surface area (TPSA) is 84.2 Å². The first kappa shape index (κ1) is 15.8. The van der Waals surface area contributed by atoms with E-state index in [2.05, 4.69) is 17.6 Å². The SMILES string of the molecule is CC1CCCCC1NC(=O)CC(NC(N)=O)c1cccs1. The number of nitrogens with one attached hydrogen (secondary N) is 2. The normalized spacial score (nSPS) is 23.3. The Morgan fingerprint density at radius 1 is 1.43 bits per heavy atom. The second-order valence-corrected chi connectivity index (χ2v) is 6.70. The highest BCUT2D eigenvalue weighted by Crippen LogP contribution is 2.25. The van der Waals surface area contributed by atoms with Crippen molar-refractivity contribution in [2.24, 2.45) is 11.7 Å². The van der Waals surface area contributed by atoms with Crippen LogP contribution < -0.4 is 16.4 Å². The molecule has 0 saturated heterocycles. The van der Waals surface area contributed by atoms with Crippen LogP contribution in [0.4, 0.5) is 4.79 Å². The Morgan fingerprint density at radius 2 is 2.19 bits per heavy atom. The summed E-state index contributed by atoms with van der Waals surface area (Å²) in [7, 11) is 0. The first-order chi connectivity index (χ1) is 10.1. The zero-order valence-corrected chi connectivity index (χ0v) is 13.1. The number of hydrogen-bond acceptors (Lipinski definition) is 3. The van der Waals surface area contributed by atoms with Gasteiger partial charge in [0, 0.05) is 10.9 Å². The van der Waals surface area contributed by atoms with Gasteiger partial charge >= 0.3 is 6.03 Å². The number of amides is 3. The summed E-state index contributed by atoms with van der Waals surface area (Å²) in [6.07, 6.45) is 4.85. The van der Waals surface area contributed by atoms with Crippen LogP contribution in [-0.4, -0.2) is 18.0 Å². The third-order valence-corrected chi connectivity index (χ3v) is 5.04. The molecule has 4 N–H and O–H groups in total. The summed E-state index contributed by atoms with van der Waals surface area (Å²) in [5.41, 5.74) is 5.20. The van der Waals surface area contributed by atoms with Crippen molar-refractivity contribution < 1.29 is 9.59 Å².